The number of esters is 1. The summed E-state index contributed by atoms with van der Waals surface area (Å²) in [7, 11) is 2.98. The zero-order valence-corrected chi connectivity index (χ0v) is 12.2. The van der Waals surface area contributed by atoms with E-state index in [0.29, 0.717) is 11.5 Å². The Balaban J connectivity index is 2.79. The minimum Gasteiger partial charge on any atom is -0.496 e. The fourth-order valence-corrected chi connectivity index (χ4v) is 1.62. The van der Waals surface area contributed by atoms with Crippen LogP contribution in [0.4, 0.5) is 0 Å². The normalized spacial score (nSPS) is 9.43. The van der Waals surface area contributed by atoms with Gasteiger partial charge in [-0.05, 0) is 19.1 Å². The molecule has 0 bridgehead atoms. The van der Waals surface area contributed by atoms with Crippen molar-refractivity contribution >= 4 is 11.9 Å². The second-order valence-electron chi connectivity index (χ2n) is 4.06. The standard InChI is InChI=1S/C15H17NO5/c1-5-6-16-14(17)9-21-15(18)11-7-12(19-3)10(2)13(8-11)20-4/h1,7-8H,6,9H2,2-4H3,(H,16,17). The van der Waals surface area contributed by atoms with Gasteiger partial charge >= 0.3 is 5.97 Å². The maximum absolute atomic E-state index is 11.9. The molecule has 0 unspecified atom stereocenters. The van der Waals surface area contributed by atoms with E-state index in [0.717, 1.165) is 5.56 Å². The van der Waals surface area contributed by atoms with E-state index >= 15 is 0 Å². The van der Waals surface area contributed by atoms with Crippen LogP contribution in [-0.2, 0) is 9.53 Å². The number of benzene rings is 1. The molecule has 1 aromatic rings. The van der Waals surface area contributed by atoms with Gasteiger partial charge in [-0.2, -0.15) is 0 Å². The molecule has 0 aliphatic heterocycles. The van der Waals surface area contributed by atoms with Crippen LogP contribution in [0.2, 0.25) is 0 Å². The van der Waals surface area contributed by atoms with Crippen molar-refractivity contribution in [3.8, 4) is 23.8 Å². The highest BCUT2D eigenvalue weighted by atomic mass is 16.5. The van der Waals surface area contributed by atoms with Gasteiger partial charge in [0.05, 0.1) is 26.3 Å². The van der Waals surface area contributed by atoms with Crippen molar-refractivity contribution in [2.45, 2.75) is 6.92 Å². The predicted molar refractivity (Wildman–Crippen MR) is 76.4 cm³/mol. The lowest BCUT2D eigenvalue weighted by atomic mass is 10.1. The van der Waals surface area contributed by atoms with Gasteiger partial charge in [0.2, 0.25) is 0 Å². The summed E-state index contributed by atoms with van der Waals surface area (Å²) in [5.41, 5.74) is 1.00. The first-order chi connectivity index (χ1) is 10.0. The van der Waals surface area contributed by atoms with Crippen LogP contribution in [0.25, 0.3) is 0 Å². The van der Waals surface area contributed by atoms with E-state index in [1.54, 1.807) is 6.92 Å². The fourth-order valence-electron chi connectivity index (χ4n) is 1.62. The maximum atomic E-state index is 11.9. The Morgan fingerprint density at radius 2 is 1.81 bits per heavy atom. The predicted octanol–water partition coefficient (Wildman–Crippen LogP) is 0.918. The molecule has 0 heterocycles. The Hall–Kier alpha value is -2.68. The van der Waals surface area contributed by atoms with Crippen LogP contribution in [-0.4, -0.2) is 39.2 Å². The summed E-state index contributed by atoms with van der Waals surface area (Å²) in [5, 5.41) is 2.39. The first-order valence-corrected chi connectivity index (χ1v) is 6.13. The molecule has 1 amide bonds. The second kappa shape index (κ2) is 7.80. The summed E-state index contributed by atoms with van der Waals surface area (Å²) in [4.78, 5) is 23.2. The van der Waals surface area contributed by atoms with Gasteiger partial charge in [-0.15, -0.1) is 6.42 Å². The molecule has 0 aliphatic rings. The zero-order chi connectivity index (χ0) is 15.8. The fraction of sp³-hybridized carbons (Fsp3) is 0.333. The third-order valence-electron chi connectivity index (χ3n) is 2.71. The van der Waals surface area contributed by atoms with Crippen LogP contribution in [0.1, 0.15) is 15.9 Å². The van der Waals surface area contributed by atoms with Gasteiger partial charge in [-0.25, -0.2) is 4.79 Å². The number of terminal acetylenes is 1. The quantitative estimate of drug-likeness (QED) is 0.623. The highest BCUT2D eigenvalue weighted by molar-refractivity contribution is 5.92. The van der Waals surface area contributed by atoms with Crippen molar-refractivity contribution in [1.29, 1.82) is 0 Å². The minimum absolute atomic E-state index is 0.0859. The monoisotopic (exact) mass is 291 g/mol. The van der Waals surface area contributed by atoms with Crippen molar-refractivity contribution in [3.63, 3.8) is 0 Å². The molecule has 1 rings (SSSR count). The van der Waals surface area contributed by atoms with Crippen LogP contribution in [0.15, 0.2) is 12.1 Å². The van der Waals surface area contributed by atoms with Gasteiger partial charge in [0.15, 0.2) is 6.61 Å². The summed E-state index contributed by atoms with van der Waals surface area (Å²) in [6.07, 6.45) is 5.00. The van der Waals surface area contributed by atoms with Crippen LogP contribution in [0.5, 0.6) is 11.5 Å². The van der Waals surface area contributed by atoms with E-state index in [2.05, 4.69) is 11.2 Å². The first kappa shape index (κ1) is 16.4. The summed E-state index contributed by atoms with van der Waals surface area (Å²) < 4.78 is 15.2. The smallest absolute Gasteiger partial charge is 0.338 e. The zero-order valence-electron chi connectivity index (χ0n) is 12.2. The number of nitrogens with one attached hydrogen (secondary N) is 1. The molecular formula is C15H17NO5. The Morgan fingerprint density at radius 1 is 1.24 bits per heavy atom. The number of carbonyl (C=O) groups is 2. The molecule has 1 N–H and O–H groups in total. The highest BCUT2D eigenvalue weighted by Crippen LogP contribution is 2.29. The molecule has 1 aromatic carbocycles. The number of hydrogen-bond donors (Lipinski definition) is 1. The highest BCUT2D eigenvalue weighted by Gasteiger charge is 2.15. The second-order valence-corrected chi connectivity index (χ2v) is 4.06. The molecule has 112 valence electrons. The number of amides is 1. The molecule has 0 radical (unpaired) electrons. The van der Waals surface area contributed by atoms with Crippen LogP contribution in [0.3, 0.4) is 0 Å². The lowest BCUT2D eigenvalue weighted by Gasteiger charge is -2.12. The van der Waals surface area contributed by atoms with Crippen LogP contribution in [0, 0.1) is 19.3 Å². The third kappa shape index (κ3) is 4.42. The summed E-state index contributed by atoms with van der Waals surface area (Å²) in [6, 6.07) is 3.05. The molecule has 6 heteroatoms. The number of hydrogen-bond acceptors (Lipinski definition) is 5. The molecular weight excluding hydrogens is 274 g/mol. The lowest BCUT2D eigenvalue weighted by Crippen LogP contribution is -2.29. The Bertz CT molecular complexity index is 549. The van der Waals surface area contributed by atoms with E-state index < -0.39 is 18.5 Å². The van der Waals surface area contributed by atoms with Crippen molar-refractivity contribution in [3.05, 3.63) is 23.3 Å². The molecule has 0 fully saturated rings. The third-order valence-corrected chi connectivity index (χ3v) is 2.71. The van der Waals surface area contributed by atoms with E-state index in [9.17, 15) is 9.59 Å². The summed E-state index contributed by atoms with van der Waals surface area (Å²) in [6.45, 7) is 1.49. The van der Waals surface area contributed by atoms with Gasteiger partial charge < -0.3 is 19.5 Å². The lowest BCUT2D eigenvalue weighted by molar-refractivity contribution is -0.123. The molecule has 0 aromatic heterocycles. The molecule has 0 spiro atoms. The first-order valence-electron chi connectivity index (χ1n) is 6.13. The van der Waals surface area contributed by atoms with Gasteiger partial charge in [-0.3, -0.25) is 4.79 Å². The van der Waals surface area contributed by atoms with Gasteiger partial charge in [-0.1, -0.05) is 5.92 Å². The average molecular weight is 291 g/mol. The topological polar surface area (TPSA) is 73.9 Å². The summed E-state index contributed by atoms with van der Waals surface area (Å²) in [5.74, 6) is 2.13. The Kier molecular flexibility index (Phi) is 6.08. The van der Waals surface area contributed by atoms with Gasteiger partial charge in [0, 0.05) is 5.56 Å². The SMILES string of the molecule is C#CCNC(=O)COC(=O)c1cc(OC)c(C)c(OC)c1. The van der Waals surface area contributed by atoms with Gasteiger partial charge in [0.1, 0.15) is 11.5 Å². The van der Waals surface area contributed by atoms with Crippen molar-refractivity contribution in [2.24, 2.45) is 0 Å². The molecule has 0 atom stereocenters. The number of ether oxygens (including phenoxy) is 3. The van der Waals surface area contributed by atoms with Crippen molar-refractivity contribution in [2.75, 3.05) is 27.4 Å². The summed E-state index contributed by atoms with van der Waals surface area (Å²) >= 11 is 0. The molecule has 0 saturated carbocycles. The van der Waals surface area contributed by atoms with Crippen LogP contribution < -0.4 is 14.8 Å². The molecule has 0 aliphatic carbocycles. The van der Waals surface area contributed by atoms with E-state index in [1.165, 1.54) is 26.4 Å². The maximum Gasteiger partial charge on any atom is 0.338 e. The van der Waals surface area contributed by atoms with Crippen LogP contribution >= 0.6 is 0 Å². The molecule has 21 heavy (non-hydrogen) atoms. The molecule has 6 nitrogen and oxygen atoms in total. The number of rotatable bonds is 6. The average Bonchev–Trinajstić information content (AvgIpc) is 2.50. The minimum atomic E-state index is -0.651. The Morgan fingerprint density at radius 3 is 2.29 bits per heavy atom. The van der Waals surface area contributed by atoms with E-state index in [1.807, 2.05) is 0 Å². The van der Waals surface area contributed by atoms with Crippen molar-refractivity contribution in [1.82, 2.24) is 5.32 Å². The van der Waals surface area contributed by atoms with E-state index in [4.69, 9.17) is 20.6 Å². The molecule has 0 saturated heterocycles. The van der Waals surface area contributed by atoms with Crippen molar-refractivity contribution < 1.29 is 23.8 Å². The van der Waals surface area contributed by atoms with E-state index in [-0.39, 0.29) is 12.1 Å². The Labute approximate surface area is 123 Å². The largest absolute Gasteiger partial charge is 0.496 e. The van der Waals surface area contributed by atoms with Gasteiger partial charge in [0.25, 0.3) is 5.91 Å². The number of carbonyl (C=O) groups excluding carboxylic acids is 2. The number of methoxy groups -OCH3 is 2.